The lowest BCUT2D eigenvalue weighted by Crippen LogP contribution is -2.09. The maximum Gasteiger partial charge on any atom is 0.248 e. The highest BCUT2D eigenvalue weighted by Crippen LogP contribution is 2.32. The Balaban J connectivity index is 1.75. The molecule has 0 fully saturated rings. The number of para-hydroxylation sites is 1. The Hall–Kier alpha value is -3.67. The quantitative estimate of drug-likeness (QED) is 0.675. The minimum Gasteiger partial charge on any atom is -0.496 e. The third-order valence-electron chi connectivity index (χ3n) is 4.64. The third kappa shape index (κ3) is 4.84. The van der Waals surface area contributed by atoms with Gasteiger partial charge in [0.2, 0.25) is 5.91 Å². The monoisotopic (exact) mass is 407 g/mol. The number of methoxy groups -OCH3 is 3. The molecule has 1 aliphatic rings. The van der Waals surface area contributed by atoms with Gasteiger partial charge in [0.25, 0.3) is 0 Å². The first kappa shape index (κ1) is 21.0. The molecule has 1 heterocycles. The molecule has 0 atom stereocenters. The van der Waals surface area contributed by atoms with Crippen LogP contribution in [0.3, 0.4) is 0 Å². The second kappa shape index (κ2) is 9.69. The van der Waals surface area contributed by atoms with E-state index < -0.39 is 0 Å². The largest absolute Gasteiger partial charge is 0.496 e. The van der Waals surface area contributed by atoms with Crippen molar-refractivity contribution in [1.29, 1.82) is 0 Å². The molecule has 0 spiro atoms. The van der Waals surface area contributed by atoms with E-state index in [4.69, 9.17) is 18.9 Å². The molecule has 1 amide bonds. The molecule has 0 radical (unpaired) electrons. The zero-order valence-corrected chi connectivity index (χ0v) is 17.5. The Kier molecular flexibility index (Phi) is 6.80. The zero-order valence-electron chi connectivity index (χ0n) is 17.5. The number of rotatable bonds is 7. The molecule has 0 bridgehead atoms. The van der Waals surface area contributed by atoms with E-state index in [9.17, 15) is 4.79 Å². The van der Waals surface area contributed by atoms with Gasteiger partial charge in [-0.2, -0.15) is 0 Å². The summed E-state index contributed by atoms with van der Waals surface area (Å²) in [4.78, 5) is 12.4. The van der Waals surface area contributed by atoms with Crippen molar-refractivity contribution < 1.29 is 23.7 Å². The van der Waals surface area contributed by atoms with Gasteiger partial charge in [0, 0.05) is 34.5 Å². The van der Waals surface area contributed by atoms with Gasteiger partial charge in [-0.05, 0) is 37.3 Å². The summed E-state index contributed by atoms with van der Waals surface area (Å²) in [7, 11) is 4.74. The van der Waals surface area contributed by atoms with Crippen LogP contribution < -0.4 is 19.5 Å². The van der Waals surface area contributed by atoms with E-state index in [-0.39, 0.29) is 5.91 Å². The van der Waals surface area contributed by atoms with E-state index in [0.717, 1.165) is 22.5 Å². The van der Waals surface area contributed by atoms with E-state index >= 15 is 0 Å². The number of benzene rings is 2. The van der Waals surface area contributed by atoms with Crippen molar-refractivity contribution in [3.63, 3.8) is 0 Å². The minimum atomic E-state index is -0.270. The molecule has 0 saturated carbocycles. The van der Waals surface area contributed by atoms with Crippen LogP contribution in [0, 0.1) is 0 Å². The molecular formula is C24H25NO5. The Bertz CT molecular complexity index is 1020. The summed E-state index contributed by atoms with van der Waals surface area (Å²) >= 11 is 0. The fourth-order valence-corrected chi connectivity index (χ4v) is 3.10. The lowest BCUT2D eigenvalue weighted by molar-refractivity contribution is -0.111. The first-order valence-electron chi connectivity index (χ1n) is 9.44. The van der Waals surface area contributed by atoms with E-state index in [1.54, 1.807) is 39.5 Å². The maximum absolute atomic E-state index is 12.4. The van der Waals surface area contributed by atoms with Crippen LogP contribution in [0.5, 0.6) is 17.2 Å². The summed E-state index contributed by atoms with van der Waals surface area (Å²) in [5.74, 6) is 2.44. The molecular weight excluding hydrogens is 382 g/mol. The van der Waals surface area contributed by atoms with Crippen molar-refractivity contribution >= 4 is 23.2 Å². The number of anilines is 1. The van der Waals surface area contributed by atoms with Crippen LogP contribution >= 0.6 is 0 Å². The van der Waals surface area contributed by atoms with Crippen LogP contribution in [-0.4, -0.2) is 33.8 Å². The third-order valence-corrected chi connectivity index (χ3v) is 4.64. The number of hydrogen-bond acceptors (Lipinski definition) is 5. The zero-order chi connectivity index (χ0) is 21.5. The average molecular weight is 407 g/mol. The average Bonchev–Trinajstić information content (AvgIpc) is 2.77. The summed E-state index contributed by atoms with van der Waals surface area (Å²) < 4.78 is 21.8. The lowest BCUT2D eigenvalue weighted by Gasteiger charge is -2.17. The summed E-state index contributed by atoms with van der Waals surface area (Å²) in [6, 6.07) is 11.0. The number of carbonyl (C=O) groups excluding carboxylic acids is 1. The molecule has 6 heteroatoms. The standard InChI is InChI=1S/C24H25NO5/c1-16-8-9-18(15-30-16)20-12-11-19(14-22(20)28-3)25-23(26)13-10-17-6-5-7-21(27-2)24(17)29-4/h5-14H,15H2,1-4H3,(H,25,26)/b13-10+. The number of nitrogens with one attached hydrogen (secondary N) is 1. The predicted octanol–water partition coefficient (Wildman–Crippen LogP) is 4.68. The van der Waals surface area contributed by atoms with Gasteiger partial charge in [0.1, 0.15) is 12.4 Å². The molecule has 156 valence electrons. The molecule has 0 aromatic heterocycles. The molecule has 2 aromatic rings. The Morgan fingerprint density at radius 1 is 1.03 bits per heavy atom. The van der Waals surface area contributed by atoms with Gasteiger partial charge in [-0.15, -0.1) is 0 Å². The molecule has 6 nitrogen and oxygen atoms in total. The fourth-order valence-electron chi connectivity index (χ4n) is 3.10. The topological polar surface area (TPSA) is 66.0 Å². The number of carbonyl (C=O) groups is 1. The van der Waals surface area contributed by atoms with Gasteiger partial charge < -0.3 is 24.3 Å². The molecule has 1 aliphatic heterocycles. The van der Waals surface area contributed by atoms with Crippen LogP contribution in [0.25, 0.3) is 11.6 Å². The SMILES string of the molecule is COc1cc(NC(=O)/C=C/c2cccc(OC)c2OC)ccc1C1=CC=C(C)OC1. The second-order valence-corrected chi connectivity index (χ2v) is 6.58. The molecule has 0 aliphatic carbocycles. The highest BCUT2D eigenvalue weighted by molar-refractivity contribution is 6.02. The molecule has 1 N–H and O–H groups in total. The Labute approximate surface area is 176 Å². The molecule has 3 rings (SSSR count). The van der Waals surface area contributed by atoms with Gasteiger partial charge in [0.05, 0.1) is 27.1 Å². The summed E-state index contributed by atoms with van der Waals surface area (Å²) in [6.07, 6.45) is 7.06. The van der Waals surface area contributed by atoms with Gasteiger partial charge >= 0.3 is 0 Å². The summed E-state index contributed by atoms with van der Waals surface area (Å²) in [5, 5.41) is 2.85. The van der Waals surface area contributed by atoms with Gasteiger partial charge in [0.15, 0.2) is 11.5 Å². The highest BCUT2D eigenvalue weighted by Gasteiger charge is 2.13. The molecule has 30 heavy (non-hydrogen) atoms. The summed E-state index contributed by atoms with van der Waals surface area (Å²) in [5.41, 5.74) is 3.32. The van der Waals surface area contributed by atoms with E-state index in [2.05, 4.69) is 5.32 Å². The number of hydrogen-bond donors (Lipinski definition) is 1. The minimum absolute atomic E-state index is 0.270. The van der Waals surface area contributed by atoms with Crippen LogP contribution in [0.2, 0.25) is 0 Å². The van der Waals surface area contributed by atoms with Crippen molar-refractivity contribution in [2.75, 3.05) is 33.3 Å². The highest BCUT2D eigenvalue weighted by atomic mass is 16.5. The van der Waals surface area contributed by atoms with Crippen LogP contribution in [0.15, 0.2) is 60.4 Å². The van der Waals surface area contributed by atoms with Crippen molar-refractivity contribution in [2.45, 2.75) is 6.92 Å². The lowest BCUT2D eigenvalue weighted by atomic mass is 10.0. The first-order valence-corrected chi connectivity index (χ1v) is 9.44. The van der Waals surface area contributed by atoms with Crippen LogP contribution in [0.4, 0.5) is 5.69 Å². The van der Waals surface area contributed by atoms with Gasteiger partial charge in [-0.1, -0.05) is 18.2 Å². The fraction of sp³-hybridized carbons (Fsp3) is 0.208. The van der Waals surface area contributed by atoms with E-state index in [1.165, 1.54) is 6.08 Å². The normalized spacial score (nSPS) is 13.2. The smallest absolute Gasteiger partial charge is 0.248 e. The van der Waals surface area contributed by atoms with E-state index in [1.807, 2.05) is 43.3 Å². The molecule has 0 saturated heterocycles. The number of ether oxygens (including phenoxy) is 4. The number of allylic oxidation sites excluding steroid dienone is 3. The van der Waals surface area contributed by atoms with E-state index in [0.29, 0.717) is 29.5 Å². The van der Waals surface area contributed by atoms with Gasteiger partial charge in [-0.3, -0.25) is 4.79 Å². The predicted molar refractivity (Wildman–Crippen MR) is 118 cm³/mol. The van der Waals surface area contributed by atoms with Crippen molar-refractivity contribution in [2.24, 2.45) is 0 Å². The Morgan fingerprint density at radius 2 is 1.83 bits per heavy atom. The molecule has 2 aromatic carbocycles. The van der Waals surface area contributed by atoms with Crippen molar-refractivity contribution in [1.82, 2.24) is 0 Å². The van der Waals surface area contributed by atoms with Gasteiger partial charge in [-0.25, -0.2) is 0 Å². The summed E-state index contributed by atoms with van der Waals surface area (Å²) in [6.45, 7) is 2.40. The molecule has 0 unspecified atom stereocenters. The first-order chi connectivity index (χ1) is 14.5. The number of amides is 1. The van der Waals surface area contributed by atoms with Crippen LogP contribution in [0.1, 0.15) is 18.1 Å². The Morgan fingerprint density at radius 3 is 2.50 bits per heavy atom. The van der Waals surface area contributed by atoms with Crippen molar-refractivity contribution in [3.05, 3.63) is 71.5 Å². The maximum atomic E-state index is 12.4. The second-order valence-electron chi connectivity index (χ2n) is 6.58. The van der Waals surface area contributed by atoms with Crippen LogP contribution in [-0.2, 0) is 9.53 Å². The van der Waals surface area contributed by atoms with Crippen molar-refractivity contribution in [3.8, 4) is 17.2 Å².